The van der Waals surface area contributed by atoms with Crippen molar-refractivity contribution in [1.82, 2.24) is 5.32 Å². The minimum Gasteiger partial charge on any atom is -0.316 e. The Morgan fingerprint density at radius 2 is 2.06 bits per heavy atom. The number of anilines is 1. The van der Waals surface area contributed by atoms with Crippen LogP contribution in [-0.2, 0) is 4.79 Å². The Balaban J connectivity index is 2.57. The molecule has 0 saturated heterocycles. The lowest BCUT2D eigenvalue weighted by molar-refractivity contribution is -0.118. The normalized spacial score (nSPS) is 10.4. The number of aryl methyl sites for hydroxylation is 1. The molecule has 18 heavy (non-hydrogen) atoms. The van der Waals surface area contributed by atoms with Crippen LogP contribution in [0, 0.1) is 6.92 Å². The average molecular weight is 248 g/mol. The van der Waals surface area contributed by atoms with Gasteiger partial charge in [0, 0.05) is 25.2 Å². The van der Waals surface area contributed by atoms with Gasteiger partial charge in [-0.3, -0.25) is 4.79 Å². The van der Waals surface area contributed by atoms with E-state index in [4.69, 9.17) is 0 Å². The van der Waals surface area contributed by atoms with E-state index in [1.807, 2.05) is 36.9 Å². The second kappa shape index (κ2) is 7.88. The molecule has 1 rings (SSSR count). The van der Waals surface area contributed by atoms with E-state index in [0.717, 1.165) is 31.7 Å². The smallest absolute Gasteiger partial charge is 0.228 e. The zero-order valence-electron chi connectivity index (χ0n) is 11.7. The maximum absolute atomic E-state index is 12.1. The van der Waals surface area contributed by atoms with Crippen LogP contribution in [0.25, 0.3) is 0 Å². The highest BCUT2D eigenvalue weighted by molar-refractivity contribution is 5.93. The zero-order chi connectivity index (χ0) is 13.4. The molecule has 0 aliphatic rings. The van der Waals surface area contributed by atoms with E-state index in [9.17, 15) is 4.79 Å². The zero-order valence-corrected chi connectivity index (χ0v) is 11.7. The number of benzene rings is 1. The fraction of sp³-hybridized carbons (Fsp3) is 0.533. The molecule has 0 saturated carbocycles. The van der Waals surface area contributed by atoms with Gasteiger partial charge in [-0.15, -0.1) is 0 Å². The summed E-state index contributed by atoms with van der Waals surface area (Å²) >= 11 is 0. The van der Waals surface area contributed by atoms with Gasteiger partial charge in [0.05, 0.1) is 0 Å². The Bertz CT molecular complexity index is 377. The fourth-order valence-electron chi connectivity index (χ4n) is 1.93. The van der Waals surface area contributed by atoms with Gasteiger partial charge in [-0.25, -0.2) is 0 Å². The minimum atomic E-state index is 0.187. The Morgan fingerprint density at radius 3 is 2.67 bits per heavy atom. The summed E-state index contributed by atoms with van der Waals surface area (Å²) in [5.41, 5.74) is 2.18. The van der Waals surface area contributed by atoms with Gasteiger partial charge >= 0.3 is 0 Å². The van der Waals surface area contributed by atoms with Crippen LogP contribution in [-0.4, -0.2) is 25.5 Å². The molecule has 0 heterocycles. The topological polar surface area (TPSA) is 32.3 Å². The van der Waals surface area contributed by atoms with E-state index < -0.39 is 0 Å². The quantitative estimate of drug-likeness (QED) is 0.753. The monoisotopic (exact) mass is 248 g/mol. The van der Waals surface area contributed by atoms with Crippen molar-refractivity contribution < 1.29 is 4.79 Å². The van der Waals surface area contributed by atoms with Gasteiger partial charge in [0.15, 0.2) is 0 Å². The van der Waals surface area contributed by atoms with Gasteiger partial charge in [-0.05, 0) is 44.5 Å². The van der Waals surface area contributed by atoms with Crippen molar-refractivity contribution in [1.29, 1.82) is 0 Å². The molecule has 0 aliphatic heterocycles. The van der Waals surface area contributed by atoms with Crippen molar-refractivity contribution in [3.05, 3.63) is 29.8 Å². The molecule has 3 heteroatoms. The van der Waals surface area contributed by atoms with Crippen molar-refractivity contribution in [2.24, 2.45) is 0 Å². The van der Waals surface area contributed by atoms with E-state index >= 15 is 0 Å². The fourth-order valence-corrected chi connectivity index (χ4v) is 1.93. The van der Waals surface area contributed by atoms with Crippen LogP contribution in [0.5, 0.6) is 0 Å². The van der Waals surface area contributed by atoms with Gasteiger partial charge in [-0.2, -0.15) is 0 Å². The standard InChI is InChI=1S/C15H24N2O/c1-4-10-16-11-9-15(18)17(5-2)14-8-6-7-13(3)12-14/h6-8,12,16H,4-5,9-11H2,1-3H3. The lowest BCUT2D eigenvalue weighted by Gasteiger charge is -2.21. The van der Waals surface area contributed by atoms with Crippen molar-refractivity contribution in [3.8, 4) is 0 Å². The third kappa shape index (κ3) is 4.49. The Hall–Kier alpha value is -1.35. The van der Waals surface area contributed by atoms with E-state index in [2.05, 4.69) is 18.3 Å². The molecule has 0 radical (unpaired) electrons. The first kappa shape index (κ1) is 14.7. The first-order valence-corrected chi connectivity index (χ1v) is 6.76. The molecule has 0 spiro atoms. The van der Waals surface area contributed by atoms with Crippen LogP contribution in [0.3, 0.4) is 0 Å². The van der Waals surface area contributed by atoms with Crippen LogP contribution in [0.1, 0.15) is 32.3 Å². The van der Waals surface area contributed by atoms with Crippen LogP contribution in [0.4, 0.5) is 5.69 Å². The summed E-state index contributed by atoms with van der Waals surface area (Å²) in [5.74, 6) is 0.187. The maximum Gasteiger partial charge on any atom is 0.228 e. The van der Waals surface area contributed by atoms with Crippen molar-refractivity contribution in [2.45, 2.75) is 33.6 Å². The number of nitrogens with one attached hydrogen (secondary N) is 1. The van der Waals surface area contributed by atoms with E-state index in [1.54, 1.807) is 0 Å². The highest BCUT2D eigenvalue weighted by Crippen LogP contribution is 2.16. The van der Waals surface area contributed by atoms with Gasteiger partial charge in [0.1, 0.15) is 0 Å². The second-order valence-corrected chi connectivity index (χ2v) is 4.48. The summed E-state index contributed by atoms with van der Waals surface area (Å²) in [7, 11) is 0. The van der Waals surface area contributed by atoms with Crippen molar-refractivity contribution in [3.63, 3.8) is 0 Å². The molecule has 1 N–H and O–H groups in total. The SMILES string of the molecule is CCCNCCC(=O)N(CC)c1cccc(C)c1. The number of rotatable bonds is 7. The highest BCUT2D eigenvalue weighted by atomic mass is 16.2. The maximum atomic E-state index is 12.1. The molecular formula is C15H24N2O. The number of hydrogen-bond acceptors (Lipinski definition) is 2. The molecule has 0 bridgehead atoms. The van der Waals surface area contributed by atoms with Gasteiger partial charge in [0.2, 0.25) is 5.91 Å². The molecule has 1 aromatic rings. The molecule has 0 unspecified atom stereocenters. The predicted molar refractivity (Wildman–Crippen MR) is 77.0 cm³/mol. The second-order valence-electron chi connectivity index (χ2n) is 4.48. The van der Waals surface area contributed by atoms with Crippen LogP contribution in [0.2, 0.25) is 0 Å². The average Bonchev–Trinajstić information content (AvgIpc) is 2.36. The molecule has 0 aromatic heterocycles. The van der Waals surface area contributed by atoms with E-state index in [1.165, 1.54) is 5.56 Å². The lowest BCUT2D eigenvalue weighted by atomic mass is 10.2. The van der Waals surface area contributed by atoms with Crippen molar-refractivity contribution in [2.75, 3.05) is 24.5 Å². The first-order valence-electron chi connectivity index (χ1n) is 6.76. The lowest BCUT2D eigenvalue weighted by Crippen LogP contribution is -2.33. The molecule has 3 nitrogen and oxygen atoms in total. The summed E-state index contributed by atoms with van der Waals surface area (Å²) in [6, 6.07) is 8.09. The Morgan fingerprint density at radius 1 is 1.28 bits per heavy atom. The Kier molecular flexibility index (Phi) is 6.44. The molecule has 100 valence electrons. The molecule has 1 amide bonds. The highest BCUT2D eigenvalue weighted by Gasteiger charge is 2.12. The summed E-state index contributed by atoms with van der Waals surface area (Å²) in [6.45, 7) is 8.64. The molecule has 0 fully saturated rings. The summed E-state index contributed by atoms with van der Waals surface area (Å²) < 4.78 is 0. The van der Waals surface area contributed by atoms with Gasteiger partial charge in [-0.1, -0.05) is 19.1 Å². The number of amides is 1. The Labute approximate surface area is 110 Å². The van der Waals surface area contributed by atoms with Crippen LogP contribution in [0.15, 0.2) is 24.3 Å². The molecule has 1 aromatic carbocycles. The summed E-state index contributed by atoms with van der Waals surface area (Å²) in [4.78, 5) is 14.0. The number of carbonyl (C=O) groups is 1. The number of nitrogens with zero attached hydrogens (tertiary/aromatic N) is 1. The molecule has 0 aliphatic carbocycles. The van der Waals surface area contributed by atoms with E-state index in [-0.39, 0.29) is 5.91 Å². The summed E-state index contributed by atoms with van der Waals surface area (Å²) in [6.07, 6.45) is 1.66. The van der Waals surface area contributed by atoms with Crippen LogP contribution >= 0.6 is 0 Å². The third-order valence-electron chi connectivity index (χ3n) is 2.87. The van der Waals surface area contributed by atoms with Crippen LogP contribution < -0.4 is 10.2 Å². The first-order chi connectivity index (χ1) is 8.69. The largest absolute Gasteiger partial charge is 0.316 e. The third-order valence-corrected chi connectivity index (χ3v) is 2.87. The summed E-state index contributed by atoms with van der Waals surface area (Å²) in [5, 5.41) is 3.26. The predicted octanol–water partition coefficient (Wildman–Crippen LogP) is 2.74. The number of hydrogen-bond donors (Lipinski definition) is 1. The van der Waals surface area contributed by atoms with Crippen molar-refractivity contribution >= 4 is 11.6 Å². The van der Waals surface area contributed by atoms with Gasteiger partial charge in [0.25, 0.3) is 0 Å². The minimum absolute atomic E-state index is 0.187. The number of carbonyl (C=O) groups excluding carboxylic acids is 1. The molecular weight excluding hydrogens is 224 g/mol. The molecule has 0 atom stereocenters. The van der Waals surface area contributed by atoms with Gasteiger partial charge < -0.3 is 10.2 Å². The van der Waals surface area contributed by atoms with E-state index in [0.29, 0.717) is 6.42 Å².